The highest BCUT2D eigenvalue weighted by Crippen LogP contribution is 2.50. The Morgan fingerprint density at radius 2 is 0.600 bits per heavy atom. The molecule has 24 heteroatoms. The van der Waals surface area contributed by atoms with E-state index in [4.69, 9.17) is 110 Å². The standard InChI is InChI=1S/4C24H38N2O4/c4*1-14(2)9-17-13-26-8-7-16-10-21(28-5)22(29-6)11-18(16)19(26)12-20(17)30-24(27)23(25)15(3)4/h4*10-11,14-15,17,19-20,23H,7-9,12-13,25H2,1-6H3/t4*17?,19?,20?,23-/m0000/s1/i5D3,10D,11D,12D2,13D2,17D,20D;5D3,10D,11D,12D2,13D2,17D,19D;2*10D,11D,12D2,13D2,17D,19D. The number of carbonyl (C=O) groups excluding carboxylic acids is 4. The van der Waals surface area contributed by atoms with E-state index in [1.54, 1.807) is 111 Å². The monoisotopic (exact) mass is 1710 g/mol. The molecule has 16 atom stereocenters. The van der Waals surface area contributed by atoms with Crippen LogP contribution < -0.4 is 60.8 Å². The van der Waals surface area contributed by atoms with Crippen LogP contribution in [0, 0.1) is 70.9 Å². The molecule has 0 amide bonds. The zero-order valence-electron chi connectivity index (χ0n) is 111. The van der Waals surface area contributed by atoms with E-state index in [0.717, 1.165) is 33.8 Å². The lowest BCUT2D eigenvalue weighted by Gasteiger charge is -2.47. The number of esters is 4. The lowest BCUT2D eigenvalue weighted by Crippen LogP contribution is -2.51. The Morgan fingerprint density at radius 1 is 0.358 bits per heavy atom. The number of carbonyl (C=O) groups is 4. The highest BCUT2D eigenvalue weighted by atomic mass is 16.6. The van der Waals surface area contributed by atoms with Crippen LogP contribution in [0.15, 0.2) is 48.3 Å². The molecule has 8 heterocycles. The summed E-state index contributed by atoms with van der Waals surface area (Å²) in [6.45, 7) is 15.0. The number of piperidine rings is 4. The fraction of sp³-hybridized carbons (Fsp3) is 0.708. The van der Waals surface area contributed by atoms with Gasteiger partial charge in [0, 0.05) is 153 Å². The molecule has 8 aliphatic heterocycles. The van der Waals surface area contributed by atoms with Crippen LogP contribution in [-0.4, -0.2) is 201 Å². The molecule has 4 saturated heterocycles. The van der Waals surface area contributed by atoms with Crippen LogP contribution in [0.3, 0.4) is 0 Å². The van der Waals surface area contributed by atoms with Crippen molar-refractivity contribution in [1.82, 2.24) is 19.6 Å². The number of benzene rings is 4. The summed E-state index contributed by atoms with van der Waals surface area (Å²) in [6, 6.07) is -18.3. The maximum atomic E-state index is 13.1. The van der Waals surface area contributed by atoms with Gasteiger partial charge in [0.25, 0.3) is 0 Å². The predicted octanol–water partition coefficient (Wildman–Crippen LogP) is 14.3. The zero-order chi connectivity index (χ0) is 122. The molecule has 4 aromatic carbocycles. The minimum Gasteiger partial charge on any atom is -0.493 e. The van der Waals surface area contributed by atoms with Crippen molar-refractivity contribution in [2.24, 2.45) is 93.9 Å². The first-order valence-corrected chi connectivity index (χ1v) is 41.0. The Hall–Kier alpha value is -7.16. The molecule has 0 bridgehead atoms. The average Bonchev–Trinajstić information content (AvgIpc) is 0.678. The van der Waals surface area contributed by atoms with Gasteiger partial charge in [0.1, 0.15) is 48.6 Å². The topological polar surface area (TPSA) is 296 Å². The number of nitrogens with zero attached hydrogens (tertiary/aromatic N) is 4. The molecule has 0 aliphatic carbocycles. The maximum absolute atomic E-state index is 13.1. The Bertz CT molecular complexity index is 5820. The third-order valence-electron chi connectivity index (χ3n) is 20.7. The molecular formula is C96H152N8O16. The Balaban J connectivity index is 0.000000233. The van der Waals surface area contributed by atoms with Crippen molar-refractivity contribution in [3.05, 3.63) is 92.8 Å². The number of nitrogens with two attached hydrogens (primary N) is 4. The van der Waals surface area contributed by atoms with Crippen LogP contribution in [0.1, 0.15) is 283 Å². The number of hydrogen-bond donors (Lipinski definition) is 4. The molecule has 120 heavy (non-hydrogen) atoms. The summed E-state index contributed by atoms with van der Waals surface area (Å²) in [5.41, 5.74) is 22.8. The van der Waals surface area contributed by atoms with E-state index in [-0.39, 0.29) is 181 Å². The summed E-state index contributed by atoms with van der Waals surface area (Å²) < 4.78 is 402. The van der Waals surface area contributed by atoms with Crippen LogP contribution in [0.5, 0.6) is 46.0 Å². The molecule has 4 aromatic rings. The van der Waals surface area contributed by atoms with Crippen molar-refractivity contribution < 1.29 is 128 Å². The summed E-state index contributed by atoms with van der Waals surface area (Å²) in [7, 11) is 1.31. The Kier molecular flexibility index (Phi) is 20.5. The number of hydrogen-bond acceptors (Lipinski definition) is 24. The first-order valence-electron chi connectivity index (χ1n) is 60.0. The van der Waals surface area contributed by atoms with Crippen molar-refractivity contribution in [2.45, 2.75) is 260 Å². The maximum Gasteiger partial charge on any atom is 0.323 e. The van der Waals surface area contributed by atoms with Crippen molar-refractivity contribution in [3.63, 3.8) is 0 Å². The second kappa shape index (κ2) is 43.9. The largest absolute Gasteiger partial charge is 0.493 e. The van der Waals surface area contributed by atoms with E-state index < -0.39 is 268 Å². The van der Waals surface area contributed by atoms with Crippen LogP contribution >= 0.6 is 0 Å². The van der Waals surface area contributed by atoms with Crippen molar-refractivity contribution >= 4 is 23.9 Å². The van der Waals surface area contributed by atoms with E-state index in [1.165, 1.54) is 28.4 Å². The Morgan fingerprint density at radius 3 is 0.875 bits per heavy atom. The van der Waals surface area contributed by atoms with Gasteiger partial charge < -0.3 is 79.8 Å². The van der Waals surface area contributed by atoms with Gasteiger partial charge >= 0.3 is 23.9 Å². The molecule has 0 saturated carbocycles. The third-order valence-corrected chi connectivity index (χ3v) is 20.7. The highest BCUT2D eigenvalue weighted by Gasteiger charge is 2.47. The second-order valence-electron chi connectivity index (χ2n) is 33.4. The smallest absolute Gasteiger partial charge is 0.323 e. The molecule has 672 valence electrons. The minimum atomic E-state index is -3.18. The molecule has 0 spiro atoms. The quantitative estimate of drug-likeness (QED) is 0.0303. The molecule has 4 fully saturated rings. The first kappa shape index (κ1) is 55.9. The van der Waals surface area contributed by atoms with Crippen molar-refractivity contribution in [2.75, 3.05) is 109 Å². The average molecular weight is 1710 g/mol. The van der Waals surface area contributed by atoms with Crippen molar-refractivity contribution in [1.29, 1.82) is 0 Å². The summed E-state index contributed by atoms with van der Waals surface area (Å²) >= 11 is 0. The van der Waals surface area contributed by atoms with Gasteiger partial charge in [-0.3, -0.25) is 38.8 Å². The second-order valence-corrected chi connectivity index (χ2v) is 33.4. The van der Waals surface area contributed by atoms with Crippen LogP contribution in [-0.2, 0) is 63.8 Å². The van der Waals surface area contributed by atoms with Crippen LogP contribution in [0.25, 0.3) is 0 Å². The van der Waals surface area contributed by atoms with E-state index >= 15 is 0 Å². The summed E-state index contributed by atoms with van der Waals surface area (Å²) in [4.78, 5) is 56.0. The van der Waals surface area contributed by atoms with Crippen LogP contribution in [0.2, 0.25) is 0 Å². The van der Waals surface area contributed by atoms with Gasteiger partial charge in [0.15, 0.2) is 46.0 Å². The number of ether oxygens (including phenoxy) is 12. The summed E-state index contributed by atoms with van der Waals surface area (Å²) in [5.74, 6) is -19.6. The lowest BCUT2D eigenvalue weighted by molar-refractivity contribution is -0.161. The molecule has 12 unspecified atom stereocenters. The van der Waals surface area contributed by atoms with Gasteiger partial charge in [0.2, 0.25) is 0 Å². The van der Waals surface area contributed by atoms with Gasteiger partial charge in [-0.25, -0.2) is 0 Å². The fourth-order valence-corrected chi connectivity index (χ4v) is 13.9. The molecule has 0 radical (unpaired) electrons. The molecule has 0 aromatic heterocycles. The van der Waals surface area contributed by atoms with E-state index in [1.807, 2.05) is 0 Å². The fourth-order valence-electron chi connectivity index (χ4n) is 13.9. The van der Waals surface area contributed by atoms with Crippen LogP contribution in [0.4, 0.5) is 0 Å². The third kappa shape index (κ3) is 23.8. The highest BCUT2D eigenvalue weighted by molar-refractivity contribution is 5.77. The van der Waals surface area contributed by atoms with E-state index in [9.17, 15) is 41.1 Å². The molecule has 8 N–H and O–H groups in total. The van der Waals surface area contributed by atoms with E-state index in [0.29, 0.717) is 0 Å². The number of rotatable bonds is 28. The van der Waals surface area contributed by atoms with Gasteiger partial charge in [-0.1, -0.05) is 111 Å². The Labute approximate surface area is 772 Å². The minimum absolute atomic E-state index is 0.00451. The van der Waals surface area contributed by atoms with Gasteiger partial charge in [-0.15, -0.1) is 0 Å². The predicted molar refractivity (Wildman–Crippen MR) is 471 cm³/mol. The van der Waals surface area contributed by atoms with Gasteiger partial charge in [0.05, 0.1) is 81.4 Å². The lowest BCUT2D eigenvalue weighted by atomic mass is 9.79. The van der Waals surface area contributed by atoms with E-state index in [2.05, 4.69) is 0 Å². The van der Waals surface area contributed by atoms with Gasteiger partial charge in [-0.2, -0.15) is 0 Å². The molecule has 12 rings (SSSR count). The molecule has 8 aliphatic rings. The van der Waals surface area contributed by atoms with Gasteiger partial charge in [-0.05, 0) is 192 Å². The first-order chi connectivity index (χ1) is 71.7. The van der Waals surface area contributed by atoms with Crippen molar-refractivity contribution in [3.8, 4) is 46.0 Å². The molecular weight excluding hydrogens is 1520 g/mol. The summed E-state index contributed by atoms with van der Waals surface area (Å²) in [5, 5.41) is 0. The number of fused-ring (bicyclic) bond motifs is 12. The summed E-state index contributed by atoms with van der Waals surface area (Å²) in [6.07, 6.45) is -22.7. The zero-order valence-corrected chi connectivity index (χ0v) is 73.4. The molecule has 24 nitrogen and oxygen atoms in total. The number of methoxy groups -OCH3 is 8. The normalized spacial score (nSPS) is 38.0. The SMILES string of the molecule is [2H]c1c2c(c([2H])c(OC)c1OC([2H])([2H])[2H])C1([2H])N(CC2)C([2H])([2H])C([2H])(CC(C)C)C(OC(=O)[C@@H](N)C(C)C)C1([2H])[2H].[2H]c1c2c(c([2H])c(OC)c1OC([2H])([2H])[2H])C1N(CC2)C([2H])([2H])C([2H])(CC(C)C)C([2H])(OC(=O)[C@@H](N)C(C)C)C1([2H])[2H].[2H]c1c2c(c([2H])c(OC)c1OC)C1([2H])N(CC2)C([2H])([2H])C([2H])(CC(C)C)C(OC(=O)[C@@H](N)C(C)C)C1([2H])[2H].[2H]c1c2c(c([2H])c(OC)c1OC)C1([2H])N(CC2)C([2H])([2H])C([2H])(CC(C)C)C(OC(=O)[C@@H](N)C(C)C)C1([2H])[2H].